The van der Waals surface area contributed by atoms with Gasteiger partial charge in [-0.25, -0.2) is 0 Å². The van der Waals surface area contributed by atoms with Gasteiger partial charge in [0, 0.05) is 12.6 Å². The molecule has 0 bridgehead atoms. The molecule has 82 valence electrons. The topological polar surface area (TPSA) is 32.3 Å². The Hall–Kier alpha value is -0.860. The number of aliphatic hydroxyl groups excluding tert-OH is 1. The molecule has 0 saturated carbocycles. The van der Waals surface area contributed by atoms with Crippen LogP contribution in [0.25, 0.3) is 0 Å². The second kappa shape index (κ2) is 4.33. The van der Waals surface area contributed by atoms with Crippen LogP contribution in [0.3, 0.4) is 0 Å². The van der Waals surface area contributed by atoms with E-state index in [1.54, 1.807) is 0 Å². The number of aryl methyl sites for hydroxylation is 2. The molecule has 15 heavy (non-hydrogen) atoms. The minimum atomic E-state index is -0.265. The monoisotopic (exact) mass is 205 g/mol. The lowest BCUT2D eigenvalue weighted by atomic mass is 10.1. The van der Waals surface area contributed by atoms with E-state index < -0.39 is 0 Å². The van der Waals surface area contributed by atoms with Gasteiger partial charge in [-0.1, -0.05) is 23.8 Å². The van der Waals surface area contributed by atoms with E-state index in [-0.39, 0.29) is 6.10 Å². The first-order valence-electron chi connectivity index (χ1n) is 5.67. The normalized spacial score (nSPS) is 21.4. The van der Waals surface area contributed by atoms with Gasteiger partial charge in [0.1, 0.15) is 0 Å². The minimum absolute atomic E-state index is 0.265. The van der Waals surface area contributed by atoms with E-state index in [1.165, 1.54) is 16.7 Å². The van der Waals surface area contributed by atoms with Crippen LogP contribution in [-0.4, -0.2) is 17.8 Å². The van der Waals surface area contributed by atoms with E-state index in [1.807, 2.05) is 6.92 Å². The summed E-state index contributed by atoms with van der Waals surface area (Å²) in [4.78, 5) is 0. The smallest absolute Gasteiger partial charge is 0.0636 e. The molecular formula is C13H19NO. The summed E-state index contributed by atoms with van der Waals surface area (Å²) in [7, 11) is 0. The minimum Gasteiger partial charge on any atom is -0.392 e. The zero-order chi connectivity index (χ0) is 10.8. The van der Waals surface area contributed by atoms with E-state index in [2.05, 4.69) is 30.4 Å². The molecule has 0 unspecified atom stereocenters. The van der Waals surface area contributed by atoms with Crippen molar-refractivity contribution in [3.63, 3.8) is 0 Å². The molecule has 2 heteroatoms. The van der Waals surface area contributed by atoms with Gasteiger partial charge in [-0.05, 0) is 37.8 Å². The summed E-state index contributed by atoms with van der Waals surface area (Å²) in [6, 6.07) is 7.11. The third-order valence-corrected chi connectivity index (χ3v) is 3.04. The van der Waals surface area contributed by atoms with E-state index in [0.29, 0.717) is 12.6 Å². The van der Waals surface area contributed by atoms with Gasteiger partial charge < -0.3 is 10.4 Å². The number of aliphatic hydroxyl groups is 1. The zero-order valence-corrected chi connectivity index (χ0v) is 9.46. The van der Waals surface area contributed by atoms with Crippen LogP contribution in [-0.2, 0) is 6.42 Å². The molecule has 1 aromatic rings. The molecular weight excluding hydrogens is 186 g/mol. The molecule has 2 rings (SSSR count). The van der Waals surface area contributed by atoms with Crippen molar-refractivity contribution in [3.8, 4) is 0 Å². The maximum atomic E-state index is 9.25. The first-order valence-corrected chi connectivity index (χ1v) is 5.67. The van der Waals surface area contributed by atoms with Gasteiger partial charge in [-0.15, -0.1) is 0 Å². The average Bonchev–Trinajstić information content (AvgIpc) is 2.57. The Morgan fingerprint density at radius 2 is 2.33 bits per heavy atom. The first-order chi connectivity index (χ1) is 7.16. The second-order valence-corrected chi connectivity index (χ2v) is 4.55. The highest BCUT2D eigenvalue weighted by Gasteiger charge is 2.21. The highest BCUT2D eigenvalue weighted by molar-refractivity contribution is 5.37. The molecule has 0 fully saturated rings. The molecule has 0 aliphatic heterocycles. The fourth-order valence-corrected chi connectivity index (χ4v) is 2.25. The Labute approximate surface area is 91.3 Å². The van der Waals surface area contributed by atoms with Gasteiger partial charge in [0.2, 0.25) is 0 Å². The van der Waals surface area contributed by atoms with Crippen LogP contribution in [0.2, 0.25) is 0 Å². The number of rotatable bonds is 3. The molecule has 2 nitrogen and oxygen atoms in total. The molecule has 2 atom stereocenters. The van der Waals surface area contributed by atoms with Crippen molar-refractivity contribution in [2.24, 2.45) is 0 Å². The van der Waals surface area contributed by atoms with Gasteiger partial charge in [0.05, 0.1) is 6.10 Å². The van der Waals surface area contributed by atoms with Crippen LogP contribution >= 0.6 is 0 Å². The Balaban J connectivity index is 2.10. The SMILES string of the molecule is Cc1ccc2c(c1)[C@H](NC[C@@H](C)O)CC2. The third kappa shape index (κ3) is 2.39. The van der Waals surface area contributed by atoms with Crippen molar-refractivity contribution in [1.82, 2.24) is 5.32 Å². The number of benzene rings is 1. The van der Waals surface area contributed by atoms with Gasteiger partial charge in [0.25, 0.3) is 0 Å². The first kappa shape index (κ1) is 10.7. The fraction of sp³-hybridized carbons (Fsp3) is 0.538. The molecule has 2 N–H and O–H groups in total. The van der Waals surface area contributed by atoms with Gasteiger partial charge in [0.15, 0.2) is 0 Å². The molecule has 1 aliphatic carbocycles. The maximum Gasteiger partial charge on any atom is 0.0636 e. The molecule has 1 aromatic carbocycles. The summed E-state index contributed by atoms with van der Waals surface area (Å²) in [6.45, 7) is 4.63. The van der Waals surface area contributed by atoms with Crippen molar-refractivity contribution in [2.75, 3.05) is 6.54 Å². The molecule has 0 heterocycles. The van der Waals surface area contributed by atoms with Crippen LogP contribution in [0.15, 0.2) is 18.2 Å². The van der Waals surface area contributed by atoms with Crippen molar-refractivity contribution in [2.45, 2.75) is 38.8 Å². The van der Waals surface area contributed by atoms with Crippen LogP contribution < -0.4 is 5.32 Å². The lowest BCUT2D eigenvalue weighted by Gasteiger charge is -2.15. The molecule has 0 radical (unpaired) electrons. The summed E-state index contributed by atoms with van der Waals surface area (Å²) in [6.07, 6.45) is 2.05. The van der Waals surface area contributed by atoms with Gasteiger partial charge in [-0.2, -0.15) is 0 Å². The molecule has 0 amide bonds. The van der Waals surface area contributed by atoms with Crippen molar-refractivity contribution in [3.05, 3.63) is 34.9 Å². The van der Waals surface area contributed by atoms with Crippen LogP contribution in [0.5, 0.6) is 0 Å². The Morgan fingerprint density at radius 3 is 3.07 bits per heavy atom. The highest BCUT2D eigenvalue weighted by atomic mass is 16.3. The van der Waals surface area contributed by atoms with E-state index in [9.17, 15) is 5.11 Å². The Bertz CT molecular complexity index is 346. The molecule has 0 saturated heterocycles. The predicted molar refractivity (Wildman–Crippen MR) is 61.9 cm³/mol. The predicted octanol–water partition coefficient (Wildman–Crippen LogP) is 1.95. The van der Waals surface area contributed by atoms with Crippen molar-refractivity contribution < 1.29 is 5.11 Å². The largest absolute Gasteiger partial charge is 0.392 e. The fourth-order valence-electron chi connectivity index (χ4n) is 2.25. The summed E-state index contributed by atoms with van der Waals surface area (Å²) < 4.78 is 0. The number of hydrogen-bond acceptors (Lipinski definition) is 2. The van der Waals surface area contributed by atoms with E-state index >= 15 is 0 Å². The Kier molecular flexibility index (Phi) is 3.08. The van der Waals surface area contributed by atoms with Crippen LogP contribution in [0.1, 0.15) is 36.1 Å². The van der Waals surface area contributed by atoms with Gasteiger partial charge in [-0.3, -0.25) is 0 Å². The van der Waals surface area contributed by atoms with Crippen molar-refractivity contribution >= 4 is 0 Å². The summed E-state index contributed by atoms with van der Waals surface area (Å²) >= 11 is 0. The number of hydrogen-bond donors (Lipinski definition) is 2. The highest BCUT2D eigenvalue weighted by Crippen LogP contribution is 2.31. The van der Waals surface area contributed by atoms with Crippen LogP contribution in [0, 0.1) is 6.92 Å². The molecule has 0 aromatic heterocycles. The van der Waals surface area contributed by atoms with Crippen molar-refractivity contribution in [1.29, 1.82) is 0 Å². The zero-order valence-electron chi connectivity index (χ0n) is 9.46. The summed E-state index contributed by atoms with van der Waals surface area (Å²) in [5.74, 6) is 0. The molecule has 1 aliphatic rings. The number of fused-ring (bicyclic) bond motifs is 1. The van der Waals surface area contributed by atoms with Gasteiger partial charge >= 0.3 is 0 Å². The standard InChI is InChI=1S/C13H19NO/c1-9-3-4-11-5-6-13(12(11)7-9)14-8-10(2)15/h3-4,7,10,13-15H,5-6,8H2,1-2H3/t10-,13-/m1/s1. The van der Waals surface area contributed by atoms with E-state index in [4.69, 9.17) is 0 Å². The lowest BCUT2D eigenvalue weighted by Crippen LogP contribution is -2.27. The summed E-state index contributed by atoms with van der Waals surface area (Å²) in [5.41, 5.74) is 4.21. The van der Waals surface area contributed by atoms with Crippen LogP contribution in [0.4, 0.5) is 0 Å². The second-order valence-electron chi connectivity index (χ2n) is 4.55. The maximum absolute atomic E-state index is 9.25. The number of nitrogens with one attached hydrogen (secondary N) is 1. The average molecular weight is 205 g/mol. The quantitative estimate of drug-likeness (QED) is 0.790. The Morgan fingerprint density at radius 1 is 1.53 bits per heavy atom. The third-order valence-electron chi connectivity index (χ3n) is 3.04. The lowest BCUT2D eigenvalue weighted by molar-refractivity contribution is 0.186. The molecule has 0 spiro atoms. The van der Waals surface area contributed by atoms with E-state index in [0.717, 1.165) is 12.8 Å². The summed E-state index contributed by atoms with van der Waals surface area (Å²) in [5, 5.41) is 12.7.